The first-order valence-corrected chi connectivity index (χ1v) is 4.20. The molecule has 0 radical (unpaired) electrons. The van der Waals surface area contributed by atoms with Crippen molar-refractivity contribution in [2.75, 3.05) is 0 Å². The van der Waals surface area contributed by atoms with E-state index in [0.717, 1.165) is 0 Å². The van der Waals surface area contributed by atoms with Gasteiger partial charge in [0.2, 0.25) is 5.91 Å². The number of hydrogen-bond donors (Lipinski definition) is 3. The van der Waals surface area contributed by atoms with Crippen LogP contribution in [0.3, 0.4) is 0 Å². The van der Waals surface area contributed by atoms with Crippen molar-refractivity contribution in [2.24, 2.45) is 11.5 Å². The van der Waals surface area contributed by atoms with Gasteiger partial charge in [0.05, 0.1) is 17.7 Å². The Kier molecular flexibility index (Phi) is 3.16. The summed E-state index contributed by atoms with van der Waals surface area (Å²) in [7, 11) is 0. The van der Waals surface area contributed by atoms with Gasteiger partial charge in [-0.25, -0.2) is 0 Å². The minimum absolute atomic E-state index is 0.290. The van der Waals surface area contributed by atoms with Crippen LogP contribution in [0.4, 0.5) is 0 Å². The molecule has 0 aromatic carbocycles. The van der Waals surface area contributed by atoms with E-state index in [0.29, 0.717) is 11.1 Å². The maximum absolute atomic E-state index is 10.8. The molecule has 0 bridgehead atoms. The Labute approximate surface area is 81.7 Å². The maximum atomic E-state index is 10.8. The highest BCUT2D eigenvalue weighted by Gasteiger charge is 2.13. The molecule has 0 aliphatic rings. The minimum Gasteiger partial charge on any atom is -0.391 e. The van der Waals surface area contributed by atoms with Crippen molar-refractivity contribution in [1.29, 1.82) is 0 Å². The van der Waals surface area contributed by atoms with Gasteiger partial charge in [-0.15, -0.1) is 0 Å². The smallest absolute Gasteiger partial charge is 0.250 e. The Morgan fingerprint density at radius 2 is 2.21 bits per heavy atom. The molecule has 76 valence electrons. The number of rotatable bonds is 3. The zero-order valence-corrected chi connectivity index (χ0v) is 7.84. The van der Waals surface area contributed by atoms with E-state index in [2.05, 4.69) is 4.98 Å². The second-order valence-electron chi connectivity index (χ2n) is 3.14. The predicted molar refractivity (Wildman–Crippen MR) is 51.4 cm³/mol. The van der Waals surface area contributed by atoms with Gasteiger partial charge in [0.15, 0.2) is 0 Å². The molecule has 0 saturated heterocycles. The van der Waals surface area contributed by atoms with Crippen LogP contribution in [-0.2, 0) is 0 Å². The third-order valence-corrected chi connectivity index (χ3v) is 1.95. The van der Waals surface area contributed by atoms with E-state index < -0.39 is 18.1 Å². The Hall–Kier alpha value is -1.46. The molecule has 0 saturated carbocycles. The summed E-state index contributed by atoms with van der Waals surface area (Å²) in [5.41, 5.74) is 11.6. The summed E-state index contributed by atoms with van der Waals surface area (Å²) in [4.78, 5) is 14.6. The van der Waals surface area contributed by atoms with Crippen LogP contribution in [0.1, 0.15) is 28.9 Å². The van der Waals surface area contributed by atoms with E-state index in [-0.39, 0.29) is 0 Å². The number of carbonyl (C=O) groups is 1. The zero-order valence-electron chi connectivity index (χ0n) is 7.84. The molecule has 1 aromatic heterocycles. The van der Waals surface area contributed by atoms with E-state index in [1.165, 1.54) is 18.5 Å². The number of aliphatic hydroxyl groups excluding tert-OH is 1. The van der Waals surface area contributed by atoms with Gasteiger partial charge < -0.3 is 16.6 Å². The highest BCUT2D eigenvalue weighted by molar-refractivity contribution is 5.92. The lowest BCUT2D eigenvalue weighted by Crippen LogP contribution is -2.24. The van der Waals surface area contributed by atoms with Crippen molar-refractivity contribution in [1.82, 2.24) is 4.98 Å². The van der Waals surface area contributed by atoms with Crippen LogP contribution in [0, 0.1) is 0 Å². The van der Waals surface area contributed by atoms with E-state index >= 15 is 0 Å². The highest BCUT2D eigenvalue weighted by Crippen LogP contribution is 2.13. The van der Waals surface area contributed by atoms with E-state index in [9.17, 15) is 9.90 Å². The van der Waals surface area contributed by atoms with Crippen molar-refractivity contribution in [2.45, 2.75) is 19.1 Å². The number of carbonyl (C=O) groups excluding carboxylic acids is 1. The summed E-state index contributed by atoms with van der Waals surface area (Å²) >= 11 is 0. The SMILES string of the molecule is C[C@@H](O)[C@@H](N)c1cncc(C(N)=O)c1. The predicted octanol–water partition coefficient (Wildman–Crippen LogP) is -0.439. The second-order valence-corrected chi connectivity index (χ2v) is 3.14. The fourth-order valence-electron chi connectivity index (χ4n) is 1.05. The fourth-order valence-corrected chi connectivity index (χ4v) is 1.05. The summed E-state index contributed by atoms with van der Waals surface area (Å²) in [6.45, 7) is 1.57. The Bertz CT molecular complexity index is 339. The number of primary amides is 1. The van der Waals surface area contributed by atoms with Gasteiger partial charge in [0, 0.05) is 12.4 Å². The van der Waals surface area contributed by atoms with Crippen LogP contribution < -0.4 is 11.5 Å². The molecule has 0 unspecified atom stereocenters. The number of amides is 1. The Morgan fingerprint density at radius 1 is 1.57 bits per heavy atom. The molecule has 5 nitrogen and oxygen atoms in total. The molecule has 2 atom stereocenters. The molecule has 5 heteroatoms. The van der Waals surface area contributed by atoms with Crippen LogP contribution in [0.2, 0.25) is 0 Å². The lowest BCUT2D eigenvalue weighted by atomic mass is 10.0. The molecular formula is C9H13N3O2. The minimum atomic E-state index is -0.695. The van der Waals surface area contributed by atoms with Gasteiger partial charge in [0.25, 0.3) is 0 Å². The number of nitrogens with zero attached hydrogens (tertiary/aromatic N) is 1. The summed E-state index contributed by atoms with van der Waals surface area (Å²) in [6, 6.07) is 0.981. The van der Waals surface area contributed by atoms with Crippen molar-refractivity contribution in [3.8, 4) is 0 Å². The summed E-state index contributed by atoms with van der Waals surface area (Å²) in [5, 5.41) is 9.23. The molecule has 0 spiro atoms. The van der Waals surface area contributed by atoms with Gasteiger partial charge in [-0.3, -0.25) is 9.78 Å². The Morgan fingerprint density at radius 3 is 2.71 bits per heavy atom. The molecule has 0 aliphatic carbocycles. The van der Waals surface area contributed by atoms with Crippen molar-refractivity contribution in [3.05, 3.63) is 29.6 Å². The van der Waals surface area contributed by atoms with Crippen LogP contribution >= 0.6 is 0 Å². The first-order chi connectivity index (χ1) is 6.52. The summed E-state index contributed by atoms with van der Waals surface area (Å²) in [6.07, 6.45) is 2.17. The molecule has 14 heavy (non-hydrogen) atoms. The summed E-state index contributed by atoms with van der Waals surface area (Å²) < 4.78 is 0. The van der Waals surface area contributed by atoms with Gasteiger partial charge in [-0.2, -0.15) is 0 Å². The standard InChI is InChI=1S/C9H13N3O2/c1-5(13)8(10)6-2-7(9(11)14)4-12-3-6/h2-5,8,13H,10H2,1H3,(H2,11,14)/t5-,8-/m1/s1. The van der Waals surface area contributed by atoms with Gasteiger partial charge in [-0.05, 0) is 18.6 Å². The Balaban J connectivity index is 2.99. The van der Waals surface area contributed by atoms with Gasteiger partial charge in [0.1, 0.15) is 0 Å². The van der Waals surface area contributed by atoms with Crippen LogP contribution in [0.15, 0.2) is 18.5 Å². The number of aliphatic hydroxyl groups is 1. The zero-order chi connectivity index (χ0) is 10.7. The normalized spacial score (nSPS) is 14.8. The van der Waals surface area contributed by atoms with Crippen molar-refractivity contribution < 1.29 is 9.90 Å². The molecule has 0 fully saturated rings. The highest BCUT2D eigenvalue weighted by atomic mass is 16.3. The number of hydrogen-bond acceptors (Lipinski definition) is 4. The van der Waals surface area contributed by atoms with Crippen molar-refractivity contribution >= 4 is 5.91 Å². The molecule has 1 rings (SSSR count). The third-order valence-electron chi connectivity index (χ3n) is 1.95. The van der Waals surface area contributed by atoms with Gasteiger partial charge >= 0.3 is 0 Å². The fraction of sp³-hybridized carbons (Fsp3) is 0.333. The van der Waals surface area contributed by atoms with E-state index in [4.69, 9.17) is 11.5 Å². The van der Waals surface area contributed by atoms with E-state index in [1.807, 2.05) is 0 Å². The summed E-state index contributed by atoms with van der Waals surface area (Å²) in [5.74, 6) is -0.558. The molecule has 1 amide bonds. The molecule has 1 heterocycles. The monoisotopic (exact) mass is 195 g/mol. The third kappa shape index (κ3) is 2.27. The maximum Gasteiger partial charge on any atom is 0.250 e. The van der Waals surface area contributed by atoms with E-state index in [1.54, 1.807) is 6.92 Å². The first-order valence-electron chi connectivity index (χ1n) is 4.20. The number of pyridine rings is 1. The largest absolute Gasteiger partial charge is 0.391 e. The van der Waals surface area contributed by atoms with Gasteiger partial charge in [-0.1, -0.05) is 0 Å². The average molecular weight is 195 g/mol. The molecule has 1 aromatic rings. The van der Waals surface area contributed by atoms with Crippen LogP contribution in [0.25, 0.3) is 0 Å². The average Bonchev–Trinajstić information content (AvgIpc) is 2.16. The lowest BCUT2D eigenvalue weighted by Gasteiger charge is -2.14. The van der Waals surface area contributed by atoms with Crippen LogP contribution in [-0.4, -0.2) is 22.1 Å². The quantitative estimate of drug-likeness (QED) is 0.608. The van der Waals surface area contributed by atoms with Crippen molar-refractivity contribution in [3.63, 3.8) is 0 Å². The molecular weight excluding hydrogens is 182 g/mol. The molecule has 0 aliphatic heterocycles. The van der Waals surface area contributed by atoms with Crippen LogP contribution in [0.5, 0.6) is 0 Å². The lowest BCUT2D eigenvalue weighted by molar-refractivity contribution is 0.0999. The first kappa shape index (κ1) is 10.6. The number of aromatic nitrogens is 1. The number of nitrogens with two attached hydrogens (primary N) is 2. The molecule has 5 N–H and O–H groups in total. The second kappa shape index (κ2) is 4.17. The topological polar surface area (TPSA) is 102 Å².